The Morgan fingerprint density at radius 2 is 1.94 bits per heavy atom. The third-order valence-corrected chi connectivity index (χ3v) is 5.40. The molecule has 1 N–H and O–H groups in total. The maximum Gasteiger partial charge on any atom is 0.416 e. The maximum absolute atomic E-state index is 13.1. The van der Waals surface area contributed by atoms with Crippen LogP contribution in [0.2, 0.25) is 0 Å². The first-order chi connectivity index (χ1) is 14.7. The standard InChI is InChI=1S/C21H13BrF3N5O/c1-12-19(18-7-8-27-30(18)17-6-5-13(11-26)9-16(17)22)28-20(31)29(12)15-4-2-3-14(10-15)21(23,24)25/h2-10H,1H3,(H,28,31). The highest BCUT2D eigenvalue weighted by Gasteiger charge is 2.31. The Kier molecular flexibility index (Phi) is 5.07. The minimum absolute atomic E-state index is 0.102. The second-order valence-electron chi connectivity index (χ2n) is 6.68. The van der Waals surface area contributed by atoms with Crippen LogP contribution in [-0.4, -0.2) is 19.3 Å². The number of nitrogens with zero attached hydrogens (tertiary/aromatic N) is 4. The highest BCUT2D eigenvalue weighted by Crippen LogP contribution is 2.32. The monoisotopic (exact) mass is 487 g/mol. The summed E-state index contributed by atoms with van der Waals surface area (Å²) in [6.07, 6.45) is -2.98. The van der Waals surface area contributed by atoms with Crippen LogP contribution >= 0.6 is 15.9 Å². The van der Waals surface area contributed by atoms with Crippen molar-refractivity contribution in [2.24, 2.45) is 0 Å². The van der Waals surface area contributed by atoms with Gasteiger partial charge in [-0.1, -0.05) is 6.07 Å². The molecule has 0 bridgehead atoms. The van der Waals surface area contributed by atoms with Gasteiger partial charge < -0.3 is 4.98 Å². The van der Waals surface area contributed by atoms with Crippen molar-refractivity contribution in [2.75, 3.05) is 0 Å². The van der Waals surface area contributed by atoms with Crippen molar-refractivity contribution in [3.63, 3.8) is 0 Å². The fourth-order valence-corrected chi connectivity index (χ4v) is 3.88. The van der Waals surface area contributed by atoms with Crippen LogP contribution in [0.3, 0.4) is 0 Å². The van der Waals surface area contributed by atoms with Gasteiger partial charge in [-0.05, 0) is 65.3 Å². The van der Waals surface area contributed by atoms with E-state index in [1.54, 1.807) is 42.1 Å². The zero-order valence-corrected chi connectivity index (χ0v) is 17.5. The molecular formula is C21H13BrF3N5O. The number of rotatable bonds is 3. The van der Waals surface area contributed by atoms with Crippen molar-refractivity contribution < 1.29 is 13.2 Å². The molecular weight excluding hydrogens is 475 g/mol. The van der Waals surface area contributed by atoms with E-state index in [4.69, 9.17) is 5.26 Å². The third-order valence-electron chi connectivity index (χ3n) is 4.77. The Morgan fingerprint density at radius 3 is 2.61 bits per heavy atom. The van der Waals surface area contributed by atoms with E-state index in [9.17, 15) is 18.0 Å². The summed E-state index contributed by atoms with van der Waals surface area (Å²) in [5.74, 6) is 0. The number of aromatic amines is 1. The van der Waals surface area contributed by atoms with Gasteiger partial charge in [-0.3, -0.25) is 4.57 Å². The molecule has 0 aliphatic rings. The summed E-state index contributed by atoms with van der Waals surface area (Å²) in [4.78, 5) is 15.4. The van der Waals surface area contributed by atoms with Gasteiger partial charge in [0.15, 0.2) is 0 Å². The number of benzene rings is 2. The summed E-state index contributed by atoms with van der Waals surface area (Å²) in [5, 5.41) is 13.4. The highest BCUT2D eigenvalue weighted by atomic mass is 79.9. The van der Waals surface area contributed by atoms with Gasteiger partial charge in [0.1, 0.15) is 0 Å². The molecule has 0 unspecified atom stereocenters. The topological polar surface area (TPSA) is 79.4 Å². The van der Waals surface area contributed by atoms with E-state index in [1.165, 1.54) is 16.7 Å². The van der Waals surface area contributed by atoms with E-state index < -0.39 is 17.4 Å². The van der Waals surface area contributed by atoms with Gasteiger partial charge in [-0.2, -0.15) is 23.5 Å². The number of nitrogens with one attached hydrogen (secondary N) is 1. The first-order valence-corrected chi connectivity index (χ1v) is 9.73. The number of nitriles is 1. The van der Waals surface area contributed by atoms with Crippen LogP contribution in [0, 0.1) is 18.3 Å². The second kappa shape index (κ2) is 7.59. The summed E-state index contributed by atoms with van der Waals surface area (Å²) in [5.41, 5.74) is 1.16. The van der Waals surface area contributed by atoms with Gasteiger partial charge in [0.25, 0.3) is 0 Å². The molecule has 4 aromatic rings. The smallest absolute Gasteiger partial charge is 0.304 e. The number of halogens is 4. The van der Waals surface area contributed by atoms with Crippen LogP contribution in [0.15, 0.2) is 64.0 Å². The second-order valence-corrected chi connectivity index (χ2v) is 7.53. The van der Waals surface area contributed by atoms with Crippen molar-refractivity contribution in [3.05, 3.63) is 86.5 Å². The highest BCUT2D eigenvalue weighted by molar-refractivity contribution is 9.10. The Bertz CT molecular complexity index is 1390. The minimum Gasteiger partial charge on any atom is -0.304 e. The normalized spacial score (nSPS) is 11.5. The molecule has 31 heavy (non-hydrogen) atoms. The lowest BCUT2D eigenvalue weighted by molar-refractivity contribution is -0.137. The van der Waals surface area contributed by atoms with Crippen LogP contribution in [0.25, 0.3) is 22.8 Å². The van der Waals surface area contributed by atoms with E-state index in [0.29, 0.717) is 32.8 Å². The first-order valence-electron chi connectivity index (χ1n) is 8.94. The van der Waals surface area contributed by atoms with E-state index in [2.05, 4.69) is 26.0 Å². The molecule has 2 aromatic carbocycles. The van der Waals surface area contributed by atoms with E-state index >= 15 is 0 Å². The molecule has 4 rings (SSSR count). The van der Waals surface area contributed by atoms with Gasteiger partial charge in [-0.25, -0.2) is 9.48 Å². The Labute approximate surface area is 182 Å². The van der Waals surface area contributed by atoms with Crippen LogP contribution in [0.4, 0.5) is 13.2 Å². The largest absolute Gasteiger partial charge is 0.416 e. The molecule has 2 heterocycles. The molecule has 0 fully saturated rings. The molecule has 0 aliphatic heterocycles. The summed E-state index contributed by atoms with van der Waals surface area (Å²) in [6, 6.07) is 13.3. The molecule has 156 valence electrons. The number of imidazole rings is 1. The third kappa shape index (κ3) is 3.68. The predicted octanol–water partition coefficient (Wildman–Crippen LogP) is 4.98. The van der Waals surface area contributed by atoms with Crippen LogP contribution in [0.5, 0.6) is 0 Å². The summed E-state index contributed by atoms with van der Waals surface area (Å²) >= 11 is 3.42. The van der Waals surface area contributed by atoms with Crippen molar-refractivity contribution in [1.29, 1.82) is 5.26 Å². The molecule has 0 saturated carbocycles. The lowest BCUT2D eigenvalue weighted by atomic mass is 10.2. The molecule has 0 aliphatic carbocycles. The number of H-pyrrole nitrogens is 1. The van der Waals surface area contributed by atoms with Crippen LogP contribution in [-0.2, 0) is 6.18 Å². The lowest BCUT2D eigenvalue weighted by Gasteiger charge is -2.11. The average Bonchev–Trinajstić information content (AvgIpc) is 3.31. The molecule has 0 saturated heterocycles. The van der Waals surface area contributed by atoms with E-state index in [-0.39, 0.29) is 5.69 Å². The molecule has 2 aromatic heterocycles. The number of alkyl halides is 3. The fourth-order valence-electron chi connectivity index (χ4n) is 3.33. The summed E-state index contributed by atoms with van der Waals surface area (Å²) in [6.45, 7) is 1.64. The number of hydrogen-bond donors (Lipinski definition) is 1. The first kappa shape index (κ1) is 20.7. The lowest BCUT2D eigenvalue weighted by Crippen LogP contribution is -2.16. The molecule has 0 radical (unpaired) electrons. The Morgan fingerprint density at radius 1 is 1.16 bits per heavy atom. The molecule has 0 amide bonds. The van der Waals surface area contributed by atoms with Gasteiger partial charge in [-0.15, -0.1) is 0 Å². The van der Waals surface area contributed by atoms with Crippen molar-refractivity contribution in [3.8, 4) is 28.8 Å². The van der Waals surface area contributed by atoms with E-state index in [1.807, 2.05) is 6.07 Å². The molecule has 0 atom stereocenters. The van der Waals surface area contributed by atoms with Crippen molar-refractivity contribution >= 4 is 15.9 Å². The summed E-state index contributed by atoms with van der Waals surface area (Å²) < 4.78 is 42.7. The fraction of sp³-hybridized carbons (Fsp3) is 0.0952. The molecule has 0 spiro atoms. The summed E-state index contributed by atoms with van der Waals surface area (Å²) in [7, 11) is 0. The van der Waals surface area contributed by atoms with Crippen LogP contribution in [0.1, 0.15) is 16.8 Å². The van der Waals surface area contributed by atoms with Crippen molar-refractivity contribution in [1.82, 2.24) is 19.3 Å². The Hall–Kier alpha value is -3.58. The van der Waals surface area contributed by atoms with Gasteiger partial charge in [0.2, 0.25) is 0 Å². The van der Waals surface area contributed by atoms with Gasteiger partial charge in [0, 0.05) is 4.47 Å². The molecule has 6 nitrogen and oxygen atoms in total. The average molecular weight is 488 g/mol. The van der Waals surface area contributed by atoms with Gasteiger partial charge >= 0.3 is 11.9 Å². The SMILES string of the molecule is Cc1c(-c2ccnn2-c2ccc(C#N)cc2Br)[nH]c(=O)n1-c1cccc(C(F)(F)F)c1. The zero-order valence-electron chi connectivity index (χ0n) is 15.9. The minimum atomic E-state index is -4.52. The van der Waals surface area contributed by atoms with Gasteiger partial charge in [0.05, 0.1) is 51.8 Å². The quantitative estimate of drug-likeness (QED) is 0.442. The maximum atomic E-state index is 13.1. The van der Waals surface area contributed by atoms with Crippen molar-refractivity contribution in [2.45, 2.75) is 13.1 Å². The predicted molar refractivity (Wildman–Crippen MR) is 111 cm³/mol. The van der Waals surface area contributed by atoms with Crippen LogP contribution < -0.4 is 5.69 Å². The number of hydrogen-bond acceptors (Lipinski definition) is 3. The Balaban J connectivity index is 1.85. The zero-order chi connectivity index (χ0) is 22.3. The van der Waals surface area contributed by atoms with E-state index in [0.717, 1.165) is 12.1 Å². The molecule has 10 heteroatoms. The number of aromatic nitrogens is 4.